The Labute approximate surface area is 133 Å². The highest BCUT2D eigenvalue weighted by Gasteiger charge is 2.33. The summed E-state index contributed by atoms with van der Waals surface area (Å²) in [4.78, 5) is 0.295. The number of allylic oxidation sites excluding steroid dienone is 1. The van der Waals surface area contributed by atoms with Crippen molar-refractivity contribution in [3.63, 3.8) is 0 Å². The zero-order valence-electron chi connectivity index (χ0n) is 13.3. The summed E-state index contributed by atoms with van der Waals surface area (Å²) < 4.78 is 26.8. The smallest absolute Gasteiger partial charge is 0.243 e. The van der Waals surface area contributed by atoms with Crippen LogP contribution in [0.1, 0.15) is 31.7 Å². The molecule has 4 nitrogen and oxygen atoms in total. The number of benzene rings is 1. The number of rotatable bonds is 5. The Morgan fingerprint density at radius 2 is 1.95 bits per heavy atom. The summed E-state index contributed by atoms with van der Waals surface area (Å²) in [6, 6.07) is 6.86. The summed E-state index contributed by atoms with van der Waals surface area (Å²) in [5, 5.41) is 10.0. The van der Waals surface area contributed by atoms with Crippen LogP contribution < -0.4 is 0 Å². The highest BCUT2D eigenvalue weighted by atomic mass is 32.2. The number of piperidine rings is 1. The Kier molecular flexibility index (Phi) is 5.78. The SMILES string of the molecule is CCC/C=C/[C@H]1C[C@@H](O)CN(S(=O)(=O)c2ccc(C)cc2)C1. The van der Waals surface area contributed by atoms with Gasteiger partial charge in [0.15, 0.2) is 0 Å². The average molecular weight is 323 g/mol. The highest BCUT2D eigenvalue weighted by Crippen LogP contribution is 2.25. The fourth-order valence-electron chi connectivity index (χ4n) is 2.72. The topological polar surface area (TPSA) is 57.6 Å². The lowest BCUT2D eigenvalue weighted by molar-refractivity contribution is 0.0892. The van der Waals surface area contributed by atoms with Gasteiger partial charge in [0, 0.05) is 13.1 Å². The molecular weight excluding hydrogens is 298 g/mol. The van der Waals surface area contributed by atoms with Gasteiger partial charge in [-0.25, -0.2) is 8.42 Å². The van der Waals surface area contributed by atoms with Crippen LogP contribution in [-0.4, -0.2) is 37.0 Å². The number of aryl methyl sites for hydroxylation is 1. The van der Waals surface area contributed by atoms with Gasteiger partial charge in [-0.15, -0.1) is 0 Å². The zero-order valence-corrected chi connectivity index (χ0v) is 14.1. The molecule has 122 valence electrons. The van der Waals surface area contributed by atoms with E-state index in [1.165, 1.54) is 4.31 Å². The van der Waals surface area contributed by atoms with Crippen molar-refractivity contribution in [1.29, 1.82) is 0 Å². The van der Waals surface area contributed by atoms with Crippen LogP contribution in [0.5, 0.6) is 0 Å². The lowest BCUT2D eigenvalue weighted by Gasteiger charge is -2.33. The molecule has 0 aliphatic carbocycles. The van der Waals surface area contributed by atoms with Gasteiger partial charge < -0.3 is 5.11 Å². The summed E-state index contributed by atoms with van der Waals surface area (Å²) in [5.41, 5.74) is 1.03. The predicted octanol–water partition coefficient (Wildman–Crippen LogP) is 2.72. The molecule has 0 radical (unpaired) electrons. The molecular formula is C17H25NO3S. The molecule has 22 heavy (non-hydrogen) atoms. The van der Waals surface area contributed by atoms with E-state index in [1.54, 1.807) is 24.3 Å². The van der Waals surface area contributed by atoms with Crippen molar-refractivity contribution in [3.8, 4) is 0 Å². The summed E-state index contributed by atoms with van der Waals surface area (Å²) in [6.45, 7) is 4.64. The Hall–Kier alpha value is -1.17. The lowest BCUT2D eigenvalue weighted by atomic mass is 9.97. The van der Waals surface area contributed by atoms with E-state index in [9.17, 15) is 13.5 Å². The van der Waals surface area contributed by atoms with E-state index in [0.717, 1.165) is 18.4 Å². The zero-order chi connectivity index (χ0) is 16.2. The summed E-state index contributed by atoms with van der Waals surface area (Å²) in [6.07, 6.45) is 6.20. The van der Waals surface area contributed by atoms with Gasteiger partial charge in [0.1, 0.15) is 0 Å². The summed E-state index contributed by atoms with van der Waals surface area (Å²) >= 11 is 0. The molecule has 1 aromatic carbocycles. The molecule has 0 saturated carbocycles. The lowest BCUT2D eigenvalue weighted by Crippen LogP contribution is -2.45. The molecule has 1 fully saturated rings. The quantitative estimate of drug-likeness (QED) is 0.848. The number of nitrogens with zero attached hydrogens (tertiary/aromatic N) is 1. The van der Waals surface area contributed by atoms with E-state index >= 15 is 0 Å². The number of hydrogen-bond donors (Lipinski definition) is 1. The van der Waals surface area contributed by atoms with Crippen molar-refractivity contribution < 1.29 is 13.5 Å². The largest absolute Gasteiger partial charge is 0.392 e. The van der Waals surface area contributed by atoms with E-state index in [1.807, 2.05) is 13.0 Å². The van der Waals surface area contributed by atoms with Gasteiger partial charge in [-0.05, 0) is 37.8 Å². The highest BCUT2D eigenvalue weighted by molar-refractivity contribution is 7.89. The molecule has 0 amide bonds. The minimum Gasteiger partial charge on any atom is -0.392 e. The predicted molar refractivity (Wildman–Crippen MR) is 88.1 cm³/mol. The van der Waals surface area contributed by atoms with E-state index in [2.05, 4.69) is 13.0 Å². The van der Waals surface area contributed by atoms with Crippen molar-refractivity contribution in [3.05, 3.63) is 42.0 Å². The summed E-state index contributed by atoms with van der Waals surface area (Å²) in [7, 11) is -3.54. The van der Waals surface area contributed by atoms with Gasteiger partial charge in [0.2, 0.25) is 10.0 Å². The van der Waals surface area contributed by atoms with Crippen LogP contribution in [0.25, 0.3) is 0 Å². The normalized spacial score (nSPS) is 24.0. The monoisotopic (exact) mass is 323 g/mol. The molecule has 1 aliphatic heterocycles. The van der Waals surface area contributed by atoms with Gasteiger partial charge in [-0.1, -0.05) is 43.2 Å². The average Bonchev–Trinajstić information content (AvgIpc) is 2.47. The molecule has 1 heterocycles. The van der Waals surface area contributed by atoms with Gasteiger partial charge >= 0.3 is 0 Å². The van der Waals surface area contributed by atoms with E-state index < -0.39 is 16.1 Å². The van der Waals surface area contributed by atoms with Gasteiger partial charge in [0.25, 0.3) is 0 Å². The minimum atomic E-state index is -3.54. The van der Waals surface area contributed by atoms with Crippen LogP contribution >= 0.6 is 0 Å². The van der Waals surface area contributed by atoms with Crippen LogP contribution in [0.15, 0.2) is 41.3 Å². The number of β-amino-alcohol motifs (C(OH)–C–C–N with tert-alkyl or cyclic N) is 1. The maximum Gasteiger partial charge on any atom is 0.243 e. The Morgan fingerprint density at radius 3 is 2.59 bits per heavy atom. The number of sulfonamides is 1. The standard InChI is InChI=1S/C17H25NO3S/c1-3-4-5-6-15-11-16(19)13-18(12-15)22(20,21)17-9-7-14(2)8-10-17/h5-10,15-16,19H,3-4,11-13H2,1-2H3/b6-5+/t15-,16+/m0/s1. The van der Waals surface area contributed by atoms with Gasteiger partial charge in [0.05, 0.1) is 11.0 Å². The van der Waals surface area contributed by atoms with Crippen molar-refractivity contribution in [2.75, 3.05) is 13.1 Å². The number of aliphatic hydroxyl groups excluding tert-OH is 1. The van der Waals surface area contributed by atoms with Crippen molar-refractivity contribution in [2.24, 2.45) is 5.92 Å². The third-order valence-corrected chi connectivity index (χ3v) is 5.80. The van der Waals surface area contributed by atoms with E-state index in [4.69, 9.17) is 0 Å². The Morgan fingerprint density at radius 1 is 1.27 bits per heavy atom. The molecule has 0 unspecified atom stereocenters. The maximum atomic E-state index is 12.7. The molecule has 0 bridgehead atoms. The summed E-state index contributed by atoms with van der Waals surface area (Å²) in [5.74, 6) is 0.0792. The third-order valence-electron chi connectivity index (χ3n) is 3.95. The second kappa shape index (κ2) is 7.40. The molecule has 1 N–H and O–H groups in total. The van der Waals surface area contributed by atoms with Crippen molar-refractivity contribution in [2.45, 2.75) is 44.1 Å². The first-order valence-electron chi connectivity index (χ1n) is 7.85. The van der Waals surface area contributed by atoms with Gasteiger partial charge in [-0.2, -0.15) is 4.31 Å². The van der Waals surface area contributed by atoms with Crippen LogP contribution in [0.4, 0.5) is 0 Å². The second-order valence-electron chi connectivity index (χ2n) is 6.00. The molecule has 1 aliphatic rings. The van der Waals surface area contributed by atoms with Gasteiger partial charge in [-0.3, -0.25) is 0 Å². The van der Waals surface area contributed by atoms with Crippen molar-refractivity contribution >= 4 is 10.0 Å². The Balaban J connectivity index is 2.17. The Bertz CT molecular complexity index is 607. The molecule has 1 saturated heterocycles. The fourth-order valence-corrected chi connectivity index (χ4v) is 4.25. The van der Waals surface area contributed by atoms with E-state index in [0.29, 0.717) is 17.9 Å². The minimum absolute atomic E-state index is 0.0792. The fraction of sp³-hybridized carbons (Fsp3) is 0.529. The molecule has 0 aromatic heterocycles. The second-order valence-corrected chi connectivity index (χ2v) is 7.94. The van der Waals surface area contributed by atoms with Crippen LogP contribution in [-0.2, 0) is 10.0 Å². The first kappa shape index (κ1) is 17.2. The number of unbranched alkanes of at least 4 members (excludes halogenated alkanes) is 1. The van der Waals surface area contributed by atoms with Crippen LogP contribution in [0.2, 0.25) is 0 Å². The number of aliphatic hydroxyl groups is 1. The first-order valence-corrected chi connectivity index (χ1v) is 9.29. The van der Waals surface area contributed by atoms with Crippen molar-refractivity contribution in [1.82, 2.24) is 4.31 Å². The maximum absolute atomic E-state index is 12.7. The molecule has 2 atom stereocenters. The first-order chi connectivity index (χ1) is 10.4. The van der Waals surface area contributed by atoms with Crippen LogP contribution in [0.3, 0.4) is 0 Å². The molecule has 5 heteroatoms. The number of hydrogen-bond acceptors (Lipinski definition) is 3. The molecule has 2 rings (SSSR count). The third kappa shape index (κ3) is 4.18. The van der Waals surface area contributed by atoms with E-state index in [-0.39, 0.29) is 12.5 Å². The molecule has 1 aromatic rings. The van der Waals surface area contributed by atoms with Crippen LogP contribution in [0, 0.1) is 12.8 Å². The molecule has 0 spiro atoms.